The van der Waals surface area contributed by atoms with Crippen molar-refractivity contribution >= 4 is 17.6 Å². The Morgan fingerprint density at radius 1 is 1.29 bits per heavy atom. The quantitative estimate of drug-likeness (QED) is 0.882. The number of carbonyl (C=O) groups excluding carboxylic acids is 1. The summed E-state index contributed by atoms with van der Waals surface area (Å²) in [5.41, 5.74) is 1.93. The summed E-state index contributed by atoms with van der Waals surface area (Å²) >= 11 is 0. The molecule has 1 aromatic rings. The van der Waals surface area contributed by atoms with Gasteiger partial charge in [-0.15, -0.1) is 0 Å². The van der Waals surface area contributed by atoms with Crippen LogP contribution in [0.3, 0.4) is 0 Å². The van der Waals surface area contributed by atoms with Gasteiger partial charge < -0.3 is 19.5 Å². The summed E-state index contributed by atoms with van der Waals surface area (Å²) in [4.78, 5) is 25.3. The normalized spacial score (nSPS) is 21.7. The molecule has 1 N–H and O–H groups in total. The van der Waals surface area contributed by atoms with Gasteiger partial charge in [0.05, 0.1) is 25.4 Å². The summed E-state index contributed by atoms with van der Waals surface area (Å²) < 4.78 is 10.7. The fourth-order valence-corrected chi connectivity index (χ4v) is 2.76. The molecule has 112 valence electrons. The number of anilines is 1. The van der Waals surface area contributed by atoms with Crippen molar-refractivity contribution in [3.8, 4) is 0 Å². The van der Waals surface area contributed by atoms with Crippen molar-refractivity contribution in [1.82, 2.24) is 0 Å². The molecule has 0 aromatic heterocycles. The number of rotatable bonds is 2. The average molecular weight is 291 g/mol. The van der Waals surface area contributed by atoms with E-state index in [0.29, 0.717) is 19.8 Å². The summed E-state index contributed by atoms with van der Waals surface area (Å²) in [6, 6.07) is 4.89. The lowest BCUT2D eigenvalue weighted by Crippen LogP contribution is -2.47. The van der Waals surface area contributed by atoms with Crippen molar-refractivity contribution in [3.05, 3.63) is 29.3 Å². The summed E-state index contributed by atoms with van der Waals surface area (Å²) in [7, 11) is 0. The molecule has 1 saturated heterocycles. The predicted molar refractivity (Wildman–Crippen MR) is 74.6 cm³/mol. The van der Waals surface area contributed by atoms with Crippen molar-refractivity contribution < 1.29 is 24.2 Å². The fourth-order valence-electron chi connectivity index (χ4n) is 2.76. The molecule has 0 bridgehead atoms. The molecule has 0 aliphatic carbocycles. The number of carbonyl (C=O) groups is 2. The lowest BCUT2D eigenvalue weighted by atomic mass is 9.98. The molecule has 0 radical (unpaired) electrons. The SMILES string of the molecule is O=C(O)c1ccc2c(c1)CCCN2C(=O)C1COCCO1. The number of aromatic carboxylic acids is 1. The highest BCUT2D eigenvalue weighted by Gasteiger charge is 2.31. The second-order valence-corrected chi connectivity index (χ2v) is 5.18. The van der Waals surface area contributed by atoms with E-state index in [4.69, 9.17) is 14.6 Å². The van der Waals surface area contributed by atoms with Gasteiger partial charge in [-0.1, -0.05) is 0 Å². The first-order valence-electron chi connectivity index (χ1n) is 7.04. The number of ether oxygens (including phenoxy) is 2. The summed E-state index contributed by atoms with van der Waals surface area (Å²) in [6.07, 6.45) is 1.03. The Morgan fingerprint density at radius 3 is 2.86 bits per heavy atom. The molecular weight excluding hydrogens is 274 g/mol. The molecule has 1 aromatic carbocycles. The minimum Gasteiger partial charge on any atom is -0.478 e. The van der Waals surface area contributed by atoms with Gasteiger partial charge in [0.1, 0.15) is 0 Å². The number of hydrogen-bond donors (Lipinski definition) is 1. The Hall–Kier alpha value is -1.92. The molecule has 1 unspecified atom stereocenters. The second kappa shape index (κ2) is 5.83. The smallest absolute Gasteiger partial charge is 0.335 e. The van der Waals surface area contributed by atoms with Gasteiger partial charge in [-0.05, 0) is 36.6 Å². The molecule has 21 heavy (non-hydrogen) atoms. The van der Waals surface area contributed by atoms with E-state index in [9.17, 15) is 9.59 Å². The molecule has 3 rings (SSSR count). The molecule has 1 atom stereocenters. The van der Waals surface area contributed by atoms with Gasteiger partial charge in [-0.3, -0.25) is 4.79 Å². The number of nitrogens with zero attached hydrogens (tertiary/aromatic N) is 1. The van der Waals surface area contributed by atoms with E-state index in [1.807, 2.05) is 0 Å². The van der Waals surface area contributed by atoms with Gasteiger partial charge in [0.25, 0.3) is 5.91 Å². The van der Waals surface area contributed by atoms with Crippen LogP contribution in [-0.4, -0.2) is 49.5 Å². The van der Waals surface area contributed by atoms with Crippen LogP contribution in [0, 0.1) is 0 Å². The van der Waals surface area contributed by atoms with Gasteiger partial charge in [0.2, 0.25) is 0 Å². The highest BCUT2D eigenvalue weighted by Crippen LogP contribution is 2.29. The van der Waals surface area contributed by atoms with Crippen LogP contribution in [0.1, 0.15) is 22.3 Å². The monoisotopic (exact) mass is 291 g/mol. The number of carboxylic acid groups (broad SMARTS) is 1. The Bertz CT molecular complexity index is 565. The minimum atomic E-state index is -0.953. The van der Waals surface area contributed by atoms with Gasteiger partial charge in [0, 0.05) is 12.2 Å². The third-order valence-corrected chi connectivity index (χ3v) is 3.80. The molecule has 0 spiro atoms. The highest BCUT2D eigenvalue weighted by molar-refractivity contribution is 5.98. The maximum Gasteiger partial charge on any atom is 0.335 e. The zero-order valence-corrected chi connectivity index (χ0v) is 11.6. The molecular formula is C15H17NO5. The van der Waals surface area contributed by atoms with Crippen molar-refractivity contribution in [1.29, 1.82) is 0 Å². The van der Waals surface area contributed by atoms with E-state index in [-0.39, 0.29) is 18.1 Å². The van der Waals surface area contributed by atoms with Gasteiger partial charge in [-0.2, -0.15) is 0 Å². The maximum absolute atomic E-state index is 12.5. The Morgan fingerprint density at radius 2 is 2.14 bits per heavy atom. The van der Waals surface area contributed by atoms with Crippen molar-refractivity contribution in [2.75, 3.05) is 31.3 Å². The van der Waals surface area contributed by atoms with Crippen LogP contribution in [0.5, 0.6) is 0 Å². The third kappa shape index (κ3) is 2.77. The number of aryl methyl sites for hydroxylation is 1. The molecule has 1 fully saturated rings. The Kier molecular flexibility index (Phi) is 3.90. The van der Waals surface area contributed by atoms with Gasteiger partial charge in [-0.25, -0.2) is 4.79 Å². The Balaban J connectivity index is 1.86. The van der Waals surface area contributed by atoms with Crippen molar-refractivity contribution in [3.63, 3.8) is 0 Å². The molecule has 2 aliphatic rings. The summed E-state index contributed by atoms with van der Waals surface area (Å²) in [6.45, 7) is 1.84. The topological polar surface area (TPSA) is 76.1 Å². The molecule has 6 heteroatoms. The first-order valence-corrected chi connectivity index (χ1v) is 7.04. The Labute approximate surface area is 122 Å². The first-order chi connectivity index (χ1) is 10.2. The zero-order valence-electron chi connectivity index (χ0n) is 11.6. The van der Waals surface area contributed by atoms with Crippen molar-refractivity contribution in [2.24, 2.45) is 0 Å². The van der Waals surface area contributed by atoms with E-state index < -0.39 is 12.1 Å². The molecule has 6 nitrogen and oxygen atoms in total. The van der Waals surface area contributed by atoms with Crippen LogP contribution >= 0.6 is 0 Å². The molecule has 2 heterocycles. The number of fused-ring (bicyclic) bond motifs is 1. The third-order valence-electron chi connectivity index (χ3n) is 3.80. The number of amides is 1. The van der Waals surface area contributed by atoms with E-state index >= 15 is 0 Å². The number of carboxylic acids is 1. The van der Waals surface area contributed by atoms with Gasteiger partial charge in [0.15, 0.2) is 6.10 Å². The van der Waals surface area contributed by atoms with Crippen LogP contribution in [-0.2, 0) is 20.7 Å². The number of hydrogen-bond acceptors (Lipinski definition) is 4. The molecule has 2 aliphatic heterocycles. The summed E-state index contributed by atoms with van der Waals surface area (Å²) in [5, 5.41) is 9.05. The van der Waals surface area contributed by atoms with Crippen LogP contribution in [0.2, 0.25) is 0 Å². The van der Waals surface area contributed by atoms with Gasteiger partial charge >= 0.3 is 5.97 Å². The van der Waals surface area contributed by atoms with Crippen LogP contribution in [0.15, 0.2) is 18.2 Å². The first kappa shape index (κ1) is 14.0. The highest BCUT2D eigenvalue weighted by atomic mass is 16.6. The van der Waals surface area contributed by atoms with E-state index in [1.165, 1.54) is 6.07 Å². The number of benzene rings is 1. The van der Waals surface area contributed by atoms with Crippen LogP contribution in [0.25, 0.3) is 0 Å². The molecule has 0 saturated carbocycles. The van der Waals surface area contributed by atoms with Crippen molar-refractivity contribution in [2.45, 2.75) is 18.9 Å². The lowest BCUT2D eigenvalue weighted by molar-refractivity contribution is -0.144. The largest absolute Gasteiger partial charge is 0.478 e. The van der Waals surface area contributed by atoms with E-state index in [1.54, 1.807) is 17.0 Å². The minimum absolute atomic E-state index is 0.112. The average Bonchev–Trinajstić information content (AvgIpc) is 2.54. The standard InChI is InChI=1S/C15H17NO5/c17-14(13-9-20-6-7-21-13)16-5-1-2-10-8-11(15(18)19)3-4-12(10)16/h3-4,8,13H,1-2,5-7,9H2,(H,18,19). The fraction of sp³-hybridized carbons (Fsp3) is 0.467. The van der Waals surface area contributed by atoms with E-state index in [0.717, 1.165) is 24.1 Å². The second-order valence-electron chi connectivity index (χ2n) is 5.18. The zero-order chi connectivity index (χ0) is 14.8. The summed E-state index contributed by atoms with van der Waals surface area (Å²) in [5.74, 6) is -1.07. The lowest BCUT2D eigenvalue weighted by Gasteiger charge is -2.33. The molecule has 1 amide bonds. The van der Waals surface area contributed by atoms with E-state index in [2.05, 4.69) is 0 Å². The van der Waals surface area contributed by atoms with Crippen LogP contribution < -0.4 is 4.90 Å². The predicted octanol–water partition coefficient (Wildman–Crippen LogP) is 1.08. The van der Waals surface area contributed by atoms with Crippen LogP contribution in [0.4, 0.5) is 5.69 Å². The maximum atomic E-state index is 12.5.